The average molecular weight is 99.1 g/mol. The van der Waals surface area contributed by atoms with E-state index in [0.717, 1.165) is 13.0 Å². The van der Waals surface area contributed by atoms with Crippen LogP contribution in [0.3, 0.4) is 0 Å². The molecule has 2 nitrogen and oxygen atoms in total. The Morgan fingerprint density at radius 1 is 1.86 bits per heavy atom. The van der Waals surface area contributed by atoms with E-state index in [1.165, 1.54) is 0 Å². The molecule has 7 heavy (non-hydrogen) atoms. The molecule has 0 aromatic carbocycles. The third-order valence-corrected chi connectivity index (χ3v) is 1.18. The van der Waals surface area contributed by atoms with E-state index < -0.39 is 0 Å². The van der Waals surface area contributed by atoms with Crippen LogP contribution in [0.2, 0.25) is 0 Å². The second kappa shape index (κ2) is 1.45. The fourth-order valence-electron chi connectivity index (χ4n) is 0.658. The van der Waals surface area contributed by atoms with Crippen molar-refractivity contribution in [2.24, 2.45) is 0 Å². The summed E-state index contributed by atoms with van der Waals surface area (Å²) in [6.45, 7) is 0.964. The zero-order chi connectivity index (χ0) is 5.28. The van der Waals surface area contributed by atoms with Crippen LogP contribution in [0.25, 0.3) is 0 Å². The highest BCUT2D eigenvalue weighted by Crippen LogP contribution is 2.06. The number of hydrogen-bond donors (Lipinski definition) is 1. The molecule has 0 saturated heterocycles. The van der Waals surface area contributed by atoms with Crippen molar-refractivity contribution in [3.63, 3.8) is 0 Å². The van der Waals surface area contributed by atoms with Crippen LogP contribution in [0.4, 0.5) is 0 Å². The molecule has 2 heteroatoms. The molecule has 1 aliphatic heterocycles. The van der Waals surface area contributed by atoms with Crippen molar-refractivity contribution in [1.29, 1.82) is 0 Å². The molecule has 0 unspecified atom stereocenters. The van der Waals surface area contributed by atoms with Gasteiger partial charge in [-0.05, 0) is 12.5 Å². The first-order valence-corrected chi connectivity index (χ1v) is 2.41. The van der Waals surface area contributed by atoms with Gasteiger partial charge in [-0.15, -0.1) is 0 Å². The molecule has 0 aromatic rings. The van der Waals surface area contributed by atoms with Gasteiger partial charge in [0.1, 0.15) is 0 Å². The normalized spacial score (nSPS) is 20.1. The number of hydrogen-bond acceptors (Lipinski definition) is 2. The summed E-state index contributed by atoms with van der Waals surface area (Å²) in [5.74, 6) is 0.417. The first-order chi connectivity index (χ1) is 3.30. The zero-order valence-corrected chi connectivity index (χ0v) is 4.39. The summed E-state index contributed by atoms with van der Waals surface area (Å²) in [6, 6.07) is 0. The second-order valence-corrected chi connectivity index (χ2v) is 1.77. The molecule has 1 aliphatic rings. The molecule has 0 amide bonds. The molecule has 1 rings (SSSR count). The van der Waals surface area contributed by atoms with Crippen LogP contribution in [0.15, 0.2) is 12.0 Å². The van der Waals surface area contributed by atoms with E-state index in [0.29, 0.717) is 5.88 Å². The van der Waals surface area contributed by atoms with Crippen LogP contribution in [-0.2, 0) is 0 Å². The minimum absolute atomic E-state index is 0.417. The van der Waals surface area contributed by atoms with Gasteiger partial charge >= 0.3 is 0 Å². The Balaban J connectivity index is 2.54. The van der Waals surface area contributed by atoms with Crippen LogP contribution in [0.5, 0.6) is 0 Å². The quantitative estimate of drug-likeness (QED) is 0.483. The Kier molecular flexibility index (Phi) is 0.929. The van der Waals surface area contributed by atoms with Gasteiger partial charge < -0.3 is 10.0 Å². The number of rotatable bonds is 0. The predicted molar refractivity (Wildman–Crippen MR) is 28.0 cm³/mol. The van der Waals surface area contributed by atoms with Crippen molar-refractivity contribution in [3.8, 4) is 0 Å². The molecular weight excluding hydrogens is 90.1 g/mol. The number of aliphatic hydroxyl groups excluding tert-OH is 1. The van der Waals surface area contributed by atoms with Gasteiger partial charge in [-0.25, -0.2) is 0 Å². The first kappa shape index (κ1) is 4.50. The Hall–Kier alpha value is -0.660. The summed E-state index contributed by atoms with van der Waals surface area (Å²) in [4.78, 5) is 1.82. The van der Waals surface area contributed by atoms with Crippen molar-refractivity contribution in [2.45, 2.75) is 6.42 Å². The average Bonchev–Trinajstić information content (AvgIpc) is 1.91. The van der Waals surface area contributed by atoms with E-state index in [9.17, 15) is 0 Å². The van der Waals surface area contributed by atoms with Gasteiger partial charge in [-0.3, -0.25) is 0 Å². The minimum atomic E-state index is 0.417. The van der Waals surface area contributed by atoms with Crippen molar-refractivity contribution in [2.75, 3.05) is 13.6 Å². The zero-order valence-electron chi connectivity index (χ0n) is 4.39. The lowest BCUT2D eigenvalue weighted by molar-refractivity contribution is 0.257. The third-order valence-electron chi connectivity index (χ3n) is 1.18. The molecule has 40 valence electrons. The van der Waals surface area contributed by atoms with Crippen molar-refractivity contribution in [3.05, 3.63) is 12.0 Å². The van der Waals surface area contributed by atoms with E-state index in [4.69, 9.17) is 5.11 Å². The fraction of sp³-hybridized carbons (Fsp3) is 0.600. The van der Waals surface area contributed by atoms with Crippen LogP contribution in [0.1, 0.15) is 6.42 Å². The fourth-order valence-corrected chi connectivity index (χ4v) is 0.658. The molecule has 0 saturated carbocycles. The Morgan fingerprint density at radius 3 is 2.71 bits per heavy atom. The minimum Gasteiger partial charge on any atom is -0.495 e. The summed E-state index contributed by atoms with van der Waals surface area (Å²) in [5.41, 5.74) is 0. The molecule has 0 bridgehead atoms. The van der Waals surface area contributed by atoms with Crippen molar-refractivity contribution in [1.82, 2.24) is 4.90 Å². The van der Waals surface area contributed by atoms with Crippen LogP contribution < -0.4 is 0 Å². The lowest BCUT2D eigenvalue weighted by Gasteiger charge is -2.08. The lowest BCUT2D eigenvalue weighted by Crippen LogP contribution is -2.11. The van der Waals surface area contributed by atoms with Gasteiger partial charge in [-0.1, -0.05) is 0 Å². The topological polar surface area (TPSA) is 23.5 Å². The maximum atomic E-state index is 8.78. The van der Waals surface area contributed by atoms with Gasteiger partial charge in [-0.2, -0.15) is 0 Å². The summed E-state index contributed by atoms with van der Waals surface area (Å²) < 4.78 is 0. The van der Waals surface area contributed by atoms with Gasteiger partial charge in [0.25, 0.3) is 0 Å². The second-order valence-electron chi connectivity index (χ2n) is 1.77. The van der Waals surface area contributed by atoms with E-state index >= 15 is 0 Å². The molecule has 0 spiro atoms. The largest absolute Gasteiger partial charge is 0.495 e. The standard InChI is InChI=1S/C5H9NO/c1-6-4-2-3-5(6)7/h3,7H,2,4H2,1H3. The number of nitrogens with zero attached hydrogens (tertiary/aromatic N) is 1. The monoisotopic (exact) mass is 99.1 g/mol. The van der Waals surface area contributed by atoms with Crippen LogP contribution in [-0.4, -0.2) is 23.6 Å². The highest BCUT2D eigenvalue weighted by Gasteiger charge is 2.05. The molecule has 0 fully saturated rings. The molecule has 1 N–H and O–H groups in total. The molecular formula is C5H9NO. The Morgan fingerprint density at radius 2 is 2.57 bits per heavy atom. The highest BCUT2D eigenvalue weighted by atomic mass is 16.3. The van der Waals surface area contributed by atoms with E-state index in [1.807, 2.05) is 18.0 Å². The summed E-state index contributed by atoms with van der Waals surface area (Å²) in [6.07, 6.45) is 2.81. The van der Waals surface area contributed by atoms with Crippen LogP contribution in [0, 0.1) is 0 Å². The van der Waals surface area contributed by atoms with Gasteiger partial charge in [0, 0.05) is 13.6 Å². The number of aliphatic hydroxyl groups is 1. The van der Waals surface area contributed by atoms with E-state index in [1.54, 1.807) is 0 Å². The maximum absolute atomic E-state index is 8.78. The van der Waals surface area contributed by atoms with Crippen molar-refractivity contribution < 1.29 is 5.11 Å². The summed E-state index contributed by atoms with van der Waals surface area (Å²) >= 11 is 0. The molecule has 0 atom stereocenters. The molecule has 1 heterocycles. The summed E-state index contributed by atoms with van der Waals surface area (Å²) in [7, 11) is 1.87. The lowest BCUT2D eigenvalue weighted by atomic mass is 10.5. The maximum Gasteiger partial charge on any atom is 0.182 e. The van der Waals surface area contributed by atoms with E-state index in [-0.39, 0.29) is 0 Å². The van der Waals surface area contributed by atoms with E-state index in [2.05, 4.69) is 0 Å². The Bertz CT molecular complexity index is 98.3. The summed E-state index contributed by atoms with van der Waals surface area (Å²) in [5, 5.41) is 8.78. The van der Waals surface area contributed by atoms with Gasteiger partial charge in [0.2, 0.25) is 0 Å². The molecule has 0 radical (unpaired) electrons. The van der Waals surface area contributed by atoms with Crippen LogP contribution >= 0.6 is 0 Å². The predicted octanol–water partition coefficient (Wildman–Crippen LogP) is 0.721. The third kappa shape index (κ3) is 0.683. The molecule has 0 aliphatic carbocycles. The highest BCUT2D eigenvalue weighted by molar-refractivity contribution is 4.96. The van der Waals surface area contributed by atoms with Crippen molar-refractivity contribution >= 4 is 0 Å². The molecule has 0 aromatic heterocycles. The van der Waals surface area contributed by atoms with Gasteiger partial charge in [0.05, 0.1) is 0 Å². The first-order valence-electron chi connectivity index (χ1n) is 2.41. The smallest absolute Gasteiger partial charge is 0.182 e. The Labute approximate surface area is 43.1 Å². The van der Waals surface area contributed by atoms with Gasteiger partial charge in [0.15, 0.2) is 5.88 Å². The SMILES string of the molecule is CN1CCC=C1O.